The largest absolute Gasteiger partial charge is 0.480 e. The Morgan fingerprint density at radius 1 is 1.21 bits per heavy atom. The van der Waals surface area contributed by atoms with E-state index in [4.69, 9.17) is 4.74 Å². The number of benzene rings is 1. The molecule has 2 aliphatic rings. The van der Waals surface area contributed by atoms with Gasteiger partial charge in [-0.2, -0.15) is 4.72 Å². The number of allylic oxidation sites excluding steroid dienone is 3. The van der Waals surface area contributed by atoms with Crippen molar-refractivity contribution in [2.24, 2.45) is 5.41 Å². The van der Waals surface area contributed by atoms with Crippen molar-refractivity contribution in [3.05, 3.63) is 48.3 Å². The summed E-state index contributed by atoms with van der Waals surface area (Å²) in [6, 6.07) is 3.10. The summed E-state index contributed by atoms with van der Waals surface area (Å²) in [7, 11) is -1.25. The number of nitrogens with zero attached hydrogens (tertiary/aromatic N) is 1. The van der Waals surface area contributed by atoms with Gasteiger partial charge in [0.25, 0.3) is 0 Å². The van der Waals surface area contributed by atoms with Gasteiger partial charge in [0.1, 0.15) is 11.8 Å². The third kappa shape index (κ3) is 7.05. The predicted molar refractivity (Wildman–Crippen MR) is 138 cm³/mol. The lowest BCUT2D eigenvalue weighted by Crippen LogP contribution is -2.49. The first-order valence-electron chi connectivity index (χ1n) is 12.0. The molecule has 13 heteroatoms. The van der Waals surface area contributed by atoms with Gasteiger partial charge in [-0.15, -0.1) is 0 Å². The third-order valence-corrected chi connectivity index (χ3v) is 7.81. The number of aliphatic carboxylic acids is 1. The van der Waals surface area contributed by atoms with E-state index in [-0.39, 0.29) is 35.2 Å². The zero-order valence-electron chi connectivity index (χ0n) is 21.4. The molecule has 2 amide bonds. The molecular formula is C25H32N4O8S. The molecule has 1 aromatic rings. The number of sulfonamides is 1. The number of hydrogen-bond donors (Lipinski definition) is 4. The lowest BCUT2D eigenvalue weighted by Gasteiger charge is -2.35. The van der Waals surface area contributed by atoms with Gasteiger partial charge in [0.2, 0.25) is 15.9 Å². The van der Waals surface area contributed by atoms with Crippen LogP contribution in [-0.2, 0) is 29.1 Å². The van der Waals surface area contributed by atoms with Crippen molar-refractivity contribution in [1.29, 1.82) is 0 Å². The minimum Gasteiger partial charge on any atom is -0.480 e. The maximum atomic E-state index is 13.6. The van der Waals surface area contributed by atoms with Gasteiger partial charge in [-0.25, -0.2) is 13.2 Å². The lowest BCUT2D eigenvalue weighted by molar-refractivity contribution is -0.140. The number of rotatable bonds is 10. The highest BCUT2D eigenvalue weighted by molar-refractivity contribution is 7.89. The molecule has 0 spiro atoms. The molecule has 3 atom stereocenters. The molecule has 1 aliphatic carbocycles. The highest BCUT2D eigenvalue weighted by Gasteiger charge is 2.45. The second kappa shape index (κ2) is 11.9. The van der Waals surface area contributed by atoms with E-state index in [9.17, 15) is 32.7 Å². The van der Waals surface area contributed by atoms with E-state index in [1.807, 2.05) is 0 Å². The number of ketones is 1. The molecule has 1 unspecified atom stereocenters. The standard InChI is InChI=1S/C25H32N4O8S/c1-16(30)27-17-6-8-19(9-7-17)38(35,36)28-21(23(32)33)15-25(22(31)20-5-4-14-26-20)12-10-18(11-13-25)37-24(34)29(2)3/h6-12,20-21,26,28H,4-5,13-15H2,1-3H3,(H,27,30)(H,32,33)/t20-,21-,25?/m0/s1. The summed E-state index contributed by atoms with van der Waals surface area (Å²) in [5, 5.41) is 15.6. The summed E-state index contributed by atoms with van der Waals surface area (Å²) in [6.45, 7) is 1.95. The first kappa shape index (κ1) is 29.0. The monoisotopic (exact) mass is 548 g/mol. The summed E-state index contributed by atoms with van der Waals surface area (Å²) in [4.78, 5) is 50.0. The van der Waals surface area contributed by atoms with Gasteiger partial charge in [0, 0.05) is 26.7 Å². The summed E-state index contributed by atoms with van der Waals surface area (Å²) >= 11 is 0. The van der Waals surface area contributed by atoms with Gasteiger partial charge < -0.3 is 25.4 Å². The minimum atomic E-state index is -4.29. The number of ether oxygens (including phenoxy) is 1. The number of carbonyl (C=O) groups excluding carboxylic acids is 3. The average Bonchev–Trinajstić information content (AvgIpc) is 3.39. The van der Waals surface area contributed by atoms with E-state index < -0.39 is 39.6 Å². The number of carboxylic acids is 1. The number of anilines is 1. The van der Waals surface area contributed by atoms with Gasteiger partial charge in [-0.05, 0) is 68.6 Å². The molecular weight excluding hydrogens is 516 g/mol. The molecule has 0 aromatic heterocycles. The summed E-state index contributed by atoms with van der Waals surface area (Å²) in [6.07, 6.45) is 4.87. The van der Waals surface area contributed by atoms with E-state index >= 15 is 0 Å². The summed E-state index contributed by atoms with van der Waals surface area (Å²) in [5.41, 5.74) is -0.971. The Bertz CT molecular complexity index is 1250. The Balaban J connectivity index is 1.86. The molecule has 38 heavy (non-hydrogen) atoms. The lowest BCUT2D eigenvalue weighted by atomic mass is 9.70. The van der Waals surface area contributed by atoms with Gasteiger partial charge in [-0.3, -0.25) is 14.4 Å². The predicted octanol–water partition coefficient (Wildman–Crippen LogP) is 1.62. The van der Waals surface area contributed by atoms with Gasteiger partial charge in [0.15, 0.2) is 5.78 Å². The van der Waals surface area contributed by atoms with Crippen LogP contribution in [0.25, 0.3) is 0 Å². The van der Waals surface area contributed by atoms with E-state index in [1.165, 1.54) is 68.4 Å². The molecule has 1 heterocycles. The zero-order chi connectivity index (χ0) is 28.1. The first-order chi connectivity index (χ1) is 17.8. The van der Waals surface area contributed by atoms with Crippen molar-refractivity contribution in [2.75, 3.05) is 26.0 Å². The van der Waals surface area contributed by atoms with Crippen LogP contribution in [0.15, 0.2) is 53.1 Å². The second-order valence-electron chi connectivity index (χ2n) is 9.50. The number of hydrogen-bond acceptors (Lipinski definition) is 8. The van der Waals surface area contributed by atoms with Crippen LogP contribution < -0.4 is 15.4 Å². The Hall–Kier alpha value is -3.55. The zero-order valence-corrected chi connectivity index (χ0v) is 22.2. The molecule has 3 rings (SSSR count). The van der Waals surface area contributed by atoms with Crippen LogP contribution >= 0.6 is 0 Å². The van der Waals surface area contributed by atoms with Gasteiger partial charge in [-0.1, -0.05) is 6.08 Å². The number of carbonyl (C=O) groups is 4. The number of carboxylic acid groups (broad SMARTS) is 1. The highest BCUT2D eigenvalue weighted by atomic mass is 32.2. The Labute approximate surface area is 221 Å². The van der Waals surface area contributed by atoms with Crippen molar-refractivity contribution in [1.82, 2.24) is 14.9 Å². The maximum absolute atomic E-state index is 13.6. The molecule has 4 N–H and O–H groups in total. The highest BCUT2D eigenvalue weighted by Crippen LogP contribution is 2.38. The fourth-order valence-corrected chi connectivity index (χ4v) is 5.53. The molecule has 1 fully saturated rings. The molecule has 0 saturated carbocycles. The van der Waals surface area contributed by atoms with Crippen molar-refractivity contribution >= 4 is 39.5 Å². The normalized spacial score (nSPS) is 21.8. The van der Waals surface area contributed by atoms with Crippen LogP contribution in [0.2, 0.25) is 0 Å². The Kier molecular flexibility index (Phi) is 9.07. The van der Waals surface area contributed by atoms with Crippen LogP contribution in [0.3, 0.4) is 0 Å². The molecule has 1 aromatic carbocycles. The number of nitrogens with one attached hydrogen (secondary N) is 3. The van der Waals surface area contributed by atoms with Crippen LogP contribution in [0.4, 0.5) is 10.5 Å². The number of amides is 2. The maximum Gasteiger partial charge on any atom is 0.414 e. The van der Waals surface area contributed by atoms with Crippen molar-refractivity contribution < 1.29 is 37.4 Å². The van der Waals surface area contributed by atoms with Crippen LogP contribution in [0.5, 0.6) is 0 Å². The fraction of sp³-hybridized carbons (Fsp3) is 0.440. The molecule has 1 saturated heterocycles. The Morgan fingerprint density at radius 2 is 1.89 bits per heavy atom. The van der Waals surface area contributed by atoms with Crippen molar-refractivity contribution in [3.8, 4) is 0 Å². The van der Waals surface area contributed by atoms with Crippen LogP contribution in [-0.4, -0.2) is 74.9 Å². The minimum absolute atomic E-state index is 0.0213. The topological polar surface area (TPSA) is 171 Å². The van der Waals surface area contributed by atoms with E-state index in [2.05, 4.69) is 15.4 Å². The summed E-state index contributed by atoms with van der Waals surface area (Å²) < 4.78 is 33.5. The fourth-order valence-electron chi connectivity index (χ4n) is 4.34. The Morgan fingerprint density at radius 3 is 2.39 bits per heavy atom. The molecule has 0 radical (unpaired) electrons. The average molecular weight is 549 g/mol. The molecule has 0 bridgehead atoms. The molecule has 12 nitrogen and oxygen atoms in total. The number of Topliss-reactive ketones (excluding diaryl/α,β-unsaturated/α-hetero) is 1. The SMILES string of the molecule is CC(=O)Nc1ccc(S(=O)(=O)N[C@@H](CC2(C(=O)[C@@H]3CCCN3)C=CC(OC(=O)N(C)C)=CC2)C(=O)O)cc1. The van der Waals surface area contributed by atoms with Crippen molar-refractivity contribution in [3.63, 3.8) is 0 Å². The smallest absolute Gasteiger partial charge is 0.414 e. The second-order valence-corrected chi connectivity index (χ2v) is 11.2. The van der Waals surface area contributed by atoms with Gasteiger partial charge in [0.05, 0.1) is 16.4 Å². The third-order valence-electron chi connectivity index (χ3n) is 6.32. The quantitative estimate of drug-likeness (QED) is 0.339. The molecule has 1 aliphatic heterocycles. The first-order valence-corrected chi connectivity index (χ1v) is 13.5. The van der Waals surface area contributed by atoms with Gasteiger partial charge >= 0.3 is 12.1 Å². The van der Waals surface area contributed by atoms with E-state index in [0.29, 0.717) is 18.7 Å². The van der Waals surface area contributed by atoms with Crippen LogP contribution in [0, 0.1) is 5.41 Å². The van der Waals surface area contributed by atoms with Crippen molar-refractivity contribution in [2.45, 2.75) is 49.6 Å². The molecule has 206 valence electrons. The van der Waals surface area contributed by atoms with E-state index in [1.54, 1.807) is 0 Å². The van der Waals surface area contributed by atoms with Crippen LogP contribution in [0.1, 0.15) is 32.6 Å². The van der Waals surface area contributed by atoms with E-state index in [0.717, 1.165) is 6.42 Å². The summed E-state index contributed by atoms with van der Waals surface area (Å²) in [5.74, 6) is -1.83.